The molecule has 0 fully saturated rings. The number of aryl methyl sites for hydroxylation is 1. The van der Waals surface area contributed by atoms with Gasteiger partial charge in [-0.15, -0.1) is 0 Å². The molecule has 3 aromatic rings. The number of fused-ring (bicyclic) bond motifs is 1. The molecule has 0 heterocycles. The fourth-order valence-electron chi connectivity index (χ4n) is 4.10. The number of carbonyl (C=O) groups excluding carboxylic acids is 1. The molecule has 2 atom stereocenters. The summed E-state index contributed by atoms with van der Waals surface area (Å²) in [4.78, 5) is 10.9. The van der Waals surface area contributed by atoms with Gasteiger partial charge in [0.2, 0.25) is 0 Å². The van der Waals surface area contributed by atoms with Crippen molar-refractivity contribution in [1.29, 1.82) is 0 Å². The van der Waals surface area contributed by atoms with Crippen molar-refractivity contribution in [2.24, 2.45) is 0 Å². The number of benzene rings is 3. The van der Waals surface area contributed by atoms with E-state index in [0.29, 0.717) is 6.42 Å². The van der Waals surface area contributed by atoms with Gasteiger partial charge >= 0.3 is 29.6 Å². The Balaban J connectivity index is 0.00000306. The van der Waals surface area contributed by atoms with Crippen LogP contribution in [0.5, 0.6) is 0 Å². The van der Waals surface area contributed by atoms with Crippen LogP contribution in [0.2, 0.25) is 0 Å². The number of aliphatic hydroxyl groups is 1. The smallest absolute Gasteiger partial charge is 0.545 e. The summed E-state index contributed by atoms with van der Waals surface area (Å²) in [6.07, 6.45) is 1.03. The topological polar surface area (TPSA) is 72.4 Å². The number of carbonyl (C=O) groups is 1. The molecule has 0 amide bonds. The molecule has 0 aromatic heterocycles. The molecule has 1 aliphatic carbocycles. The van der Waals surface area contributed by atoms with E-state index >= 15 is 0 Å². The number of hydrogen-bond acceptors (Lipinski definition) is 4. The van der Waals surface area contributed by atoms with Crippen LogP contribution in [0, 0.1) is 17.5 Å². The summed E-state index contributed by atoms with van der Waals surface area (Å²) < 4.78 is 40.5. The average molecular weight is 463 g/mol. The monoisotopic (exact) mass is 463 g/mol. The minimum Gasteiger partial charge on any atom is -0.545 e. The number of aliphatic hydroxyl groups excluding tert-OH is 1. The number of nitrogens with one attached hydrogen (secondary N) is 1. The molecule has 0 aliphatic heterocycles. The first-order chi connectivity index (χ1) is 15.3. The SMILES string of the molecule is O=C([O-])c1ccc(-c2ccc3c(c2)C[C@@H](NC[C@H](O)c2ccc(F)c(F)c2F)CC3)cc1.[Na+]. The van der Waals surface area contributed by atoms with E-state index < -0.39 is 29.5 Å². The molecule has 3 aromatic carbocycles. The van der Waals surface area contributed by atoms with Gasteiger partial charge in [0.25, 0.3) is 0 Å². The number of aromatic carboxylic acids is 1. The maximum absolute atomic E-state index is 13.9. The molecule has 0 spiro atoms. The summed E-state index contributed by atoms with van der Waals surface area (Å²) in [6, 6.07) is 14.5. The Morgan fingerprint density at radius 1 is 1.00 bits per heavy atom. The number of rotatable bonds is 6. The van der Waals surface area contributed by atoms with Crippen LogP contribution in [0.25, 0.3) is 11.1 Å². The van der Waals surface area contributed by atoms with E-state index in [1.54, 1.807) is 12.1 Å². The predicted octanol–water partition coefficient (Wildman–Crippen LogP) is 0.319. The Kier molecular flexibility index (Phi) is 8.37. The summed E-state index contributed by atoms with van der Waals surface area (Å²) in [5.41, 5.74) is 4.02. The molecule has 4 rings (SSSR count). The zero-order chi connectivity index (χ0) is 22.8. The van der Waals surface area contributed by atoms with Gasteiger partial charge in [0.1, 0.15) is 0 Å². The second-order valence-electron chi connectivity index (χ2n) is 7.98. The van der Waals surface area contributed by atoms with Crippen molar-refractivity contribution >= 4 is 5.97 Å². The van der Waals surface area contributed by atoms with Crippen molar-refractivity contribution < 1.29 is 57.7 Å². The van der Waals surface area contributed by atoms with E-state index in [4.69, 9.17) is 0 Å². The molecule has 166 valence electrons. The van der Waals surface area contributed by atoms with Crippen LogP contribution in [0.4, 0.5) is 13.2 Å². The first-order valence-electron chi connectivity index (χ1n) is 10.3. The van der Waals surface area contributed by atoms with Gasteiger partial charge in [-0.05, 0) is 53.1 Å². The number of halogens is 3. The van der Waals surface area contributed by atoms with E-state index in [-0.39, 0.29) is 53.3 Å². The first kappa shape index (κ1) is 25.5. The minimum absolute atomic E-state index is 0. The van der Waals surface area contributed by atoms with Gasteiger partial charge in [0.05, 0.1) is 12.1 Å². The van der Waals surface area contributed by atoms with Gasteiger partial charge in [-0.1, -0.05) is 48.5 Å². The van der Waals surface area contributed by atoms with Gasteiger partial charge in [0.15, 0.2) is 17.5 Å². The van der Waals surface area contributed by atoms with Crippen LogP contribution < -0.4 is 40.0 Å². The molecule has 0 unspecified atom stereocenters. The van der Waals surface area contributed by atoms with E-state index in [9.17, 15) is 28.2 Å². The van der Waals surface area contributed by atoms with Crippen molar-refractivity contribution in [2.45, 2.75) is 31.4 Å². The normalized spacial score (nSPS) is 15.9. The zero-order valence-electron chi connectivity index (χ0n) is 18.1. The van der Waals surface area contributed by atoms with Crippen molar-refractivity contribution in [1.82, 2.24) is 5.32 Å². The molecule has 0 saturated carbocycles. The Bertz CT molecular complexity index is 1150. The average Bonchev–Trinajstić information content (AvgIpc) is 2.80. The van der Waals surface area contributed by atoms with Crippen molar-refractivity contribution in [3.8, 4) is 11.1 Å². The van der Waals surface area contributed by atoms with Gasteiger partial charge < -0.3 is 20.3 Å². The van der Waals surface area contributed by atoms with Crippen molar-refractivity contribution in [2.75, 3.05) is 6.54 Å². The van der Waals surface area contributed by atoms with Gasteiger partial charge in [-0.3, -0.25) is 0 Å². The largest absolute Gasteiger partial charge is 1.00 e. The summed E-state index contributed by atoms with van der Waals surface area (Å²) in [7, 11) is 0. The maximum atomic E-state index is 13.9. The summed E-state index contributed by atoms with van der Waals surface area (Å²) in [5.74, 6) is -5.47. The quantitative estimate of drug-likeness (QED) is 0.408. The molecular formula is C25H21F3NNaO3. The van der Waals surface area contributed by atoms with Crippen LogP contribution >= 0.6 is 0 Å². The van der Waals surface area contributed by atoms with E-state index in [0.717, 1.165) is 41.7 Å². The summed E-state index contributed by atoms with van der Waals surface area (Å²) >= 11 is 0. The Morgan fingerprint density at radius 2 is 1.70 bits per heavy atom. The summed E-state index contributed by atoms with van der Waals surface area (Å²) in [6.45, 7) is 0.00632. The van der Waals surface area contributed by atoms with Gasteiger partial charge in [-0.25, -0.2) is 13.2 Å². The second-order valence-corrected chi connectivity index (χ2v) is 7.98. The van der Waals surface area contributed by atoms with Crippen LogP contribution in [-0.4, -0.2) is 23.7 Å². The van der Waals surface area contributed by atoms with E-state index in [1.807, 2.05) is 6.07 Å². The zero-order valence-corrected chi connectivity index (χ0v) is 20.1. The standard InChI is InChI=1S/C25H22F3NO3.Na/c26-21-10-9-20(23(27)24(21)28)22(30)13-29-19-8-7-15-3-6-17(11-18(15)12-19)14-1-4-16(5-2-14)25(31)32;/h1-6,9-11,19,22,29-30H,7-8,12-13H2,(H,31,32);/q;+1/p-1/t19-,22-;/m0./s1. The number of hydrogen-bond donors (Lipinski definition) is 2. The Hall–Kier alpha value is -2.16. The molecule has 0 saturated heterocycles. The molecule has 8 heteroatoms. The third-order valence-corrected chi connectivity index (χ3v) is 5.91. The van der Waals surface area contributed by atoms with Crippen LogP contribution in [-0.2, 0) is 12.8 Å². The first-order valence-corrected chi connectivity index (χ1v) is 10.3. The third kappa shape index (κ3) is 5.67. The van der Waals surface area contributed by atoms with Crippen LogP contribution in [0.3, 0.4) is 0 Å². The summed E-state index contributed by atoms with van der Waals surface area (Å²) in [5, 5.41) is 24.4. The molecule has 1 aliphatic rings. The number of carboxylic acid groups (broad SMARTS) is 1. The molecule has 0 radical (unpaired) electrons. The molecule has 0 bridgehead atoms. The molecule has 2 N–H and O–H groups in total. The van der Waals surface area contributed by atoms with Crippen LogP contribution in [0.1, 0.15) is 39.6 Å². The molecular weight excluding hydrogens is 442 g/mol. The fourth-order valence-corrected chi connectivity index (χ4v) is 4.10. The van der Waals surface area contributed by atoms with Crippen molar-refractivity contribution in [3.05, 3.63) is 94.3 Å². The Labute approximate surface area is 211 Å². The predicted molar refractivity (Wildman–Crippen MR) is 111 cm³/mol. The minimum atomic E-state index is -1.59. The molecule has 4 nitrogen and oxygen atoms in total. The Morgan fingerprint density at radius 3 is 2.39 bits per heavy atom. The van der Waals surface area contributed by atoms with Crippen molar-refractivity contribution in [3.63, 3.8) is 0 Å². The van der Waals surface area contributed by atoms with E-state index in [1.165, 1.54) is 17.7 Å². The fraction of sp³-hybridized carbons (Fsp3) is 0.240. The maximum Gasteiger partial charge on any atom is 1.00 e. The van der Waals surface area contributed by atoms with Gasteiger partial charge in [-0.2, -0.15) is 0 Å². The third-order valence-electron chi connectivity index (χ3n) is 5.91. The molecule has 33 heavy (non-hydrogen) atoms. The van der Waals surface area contributed by atoms with Gasteiger partial charge in [0, 0.05) is 18.2 Å². The number of carboxylic acids is 1. The second kappa shape index (κ2) is 10.8. The van der Waals surface area contributed by atoms with E-state index in [2.05, 4.69) is 17.4 Å². The van der Waals surface area contributed by atoms with Crippen LogP contribution in [0.15, 0.2) is 54.6 Å².